The SMILES string of the molecule is Cc1ccc(S(=O)(=O)n2ccc3c(-n4c(=O)c(=O)[nH]c5cc(Cl)c(Br)cc54)cccc32)cc1. The molecule has 0 aliphatic heterocycles. The minimum atomic E-state index is -3.87. The van der Waals surface area contributed by atoms with Crippen molar-refractivity contribution in [3.05, 3.63) is 103 Å². The van der Waals surface area contributed by atoms with Crippen molar-refractivity contribution in [2.75, 3.05) is 0 Å². The van der Waals surface area contributed by atoms with Crippen molar-refractivity contribution < 1.29 is 8.42 Å². The van der Waals surface area contributed by atoms with E-state index >= 15 is 0 Å². The Balaban J connectivity index is 1.82. The van der Waals surface area contributed by atoms with E-state index in [0.717, 1.165) is 5.56 Å². The molecule has 0 fully saturated rings. The van der Waals surface area contributed by atoms with E-state index in [2.05, 4.69) is 20.9 Å². The number of halogens is 2. The summed E-state index contributed by atoms with van der Waals surface area (Å²) >= 11 is 9.52. The van der Waals surface area contributed by atoms with E-state index in [1.807, 2.05) is 6.92 Å². The van der Waals surface area contributed by atoms with Crippen molar-refractivity contribution >= 4 is 59.5 Å². The van der Waals surface area contributed by atoms with Gasteiger partial charge in [-0.1, -0.05) is 35.4 Å². The third-order valence-corrected chi connectivity index (χ3v) is 8.32. The molecule has 0 spiro atoms. The summed E-state index contributed by atoms with van der Waals surface area (Å²) in [6.45, 7) is 1.88. The molecule has 2 heterocycles. The smallest absolute Gasteiger partial charge is 0.316 e. The number of rotatable bonds is 3. The number of nitrogens with zero attached hydrogens (tertiary/aromatic N) is 2. The highest BCUT2D eigenvalue weighted by atomic mass is 79.9. The molecule has 7 nitrogen and oxygen atoms in total. The zero-order valence-corrected chi connectivity index (χ0v) is 20.2. The Morgan fingerprint density at radius 2 is 1.70 bits per heavy atom. The van der Waals surface area contributed by atoms with Gasteiger partial charge in [0.1, 0.15) is 0 Å². The van der Waals surface area contributed by atoms with Crippen LogP contribution in [0.15, 0.2) is 85.8 Å². The molecule has 0 atom stereocenters. The van der Waals surface area contributed by atoms with Crippen LogP contribution >= 0.6 is 27.5 Å². The van der Waals surface area contributed by atoms with E-state index in [1.54, 1.807) is 60.7 Å². The van der Waals surface area contributed by atoms with E-state index in [-0.39, 0.29) is 4.90 Å². The summed E-state index contributed by atoms with van der Waals surface area (Å²) < 4.78 is 29.6. The van der Waals surface area contributed by atoms with Crippen LogP contribution in [0.2, 0.25) is 5.02 Å². The largest absolute Gasteiger partial charge is 0.321 e. The second kappa shape index (κ2) is 7.72. The Morgan fingerprint density at radius 3 is 2.42 bits per heavy atom. The number of hydrogen-bond acceptors (Lipinski definition) is 4. The quantitative estimate of drug-likeness (QED) is 0.336. The van der Waals surface area contributed by atoms with Crippen LogP contribution in [-0.4, -0.2) is 21.9 Å². The van der Waals surface area contributed by atoms with E-state index in [0.29, 0.717) is 37.1 Å². The fourth-order valence-corrected chi connectivity index (χ4v) is 5.64. The lowest BCUT2D eigenvalue weighted by Gasteiger charge is -2.13. The molecule has 5 rings (SSSR count). The highest BCUT2D eigenvalue weighted by molar-refractivity contribution is 9.10. The summed E-state index contributed by atoms with van der Waals surface area (Å²) in [6, 6.07) is 16.3. The van der Waals surface area contributed by atoms with Crippen molar-refractivity contribution in [3.63, 3.8) is 0 Å². The predicted molar refractivity (Wildman–Crippen MR) is 132 cm³/mol. The van der Waals surface area contributed by atoms with Crippen molar-refractivity contribution in [2.24, 2.45) is 0 Å². The van der Waals surface area contributed by atoms with Gasteiger partial charge >= 0.3 is 11.1 Å². The van der Waals surface area contributed by atoms with Gasteiger partial charge in [0.2, 0.25) is 0 Å². The Morgan fingerprint density at radius 1 is 0.970 bits per heavy atom. The van der Waals surface area contributed by atoms with E-state index < -0.39 is 21.1 Å². The Bertz CT molecular complexity index is 1800. The van der Waals surface area contributed by atoms with Crippen molar-refractivity contribution in [1.82, 2.24) is 13.5 Å². The van der Waals surface area contributed by atoms with Crippen LogP contribution in [0.3, 0.4) is 0 Å². The summed E-state index contributed by atoms with van der Waals surface area (Å²) in [6.07, 6.45) is 1.44. The molecule has 10 heteroatoms. The number of aromatic nitrogens is 3. The molecule has 1 N–H and O–H groups in total. The number of H-pyrrole nitrogens is 1. The van der Waals surface area contributed by atoms with Crippen LogP contribution in [0.5, 0.6) is 0 Å². The lowest BCUT2D eigenvalue weighted by atomic mass is 10.2. The fourth-order valence-electron chi connectivity index (χ4n) is 3.80. The van der Waals surface area contributed by atoms with Crippen molar-refractivity contribution in [3.8, 4) is 5.69 Å². The number of hydrogen-bond donors (Lipinski definition) is 1. The van der Waals surface area contributed by atoms with Crippen LogP contribution in [0.1, 0.15) is 5.56 Å². The Hall–Kier alpha value is -3.14. The van der Waals surface area contributed by atoms with Gasteiger partial charge in [-0.25, -0.2) is 12.4 Å². The molecule has 0 radical (unpaired) electrons. The van der Waals surface area contributed by atoms with E-state index in [9.17, 15) is 18.0 Å². The number of aryl methyl sites for hydroxylation is 1. The monoisotopic (exact) mass is 543 g/mol. The number of fused-ring (bicyclic) bond motifs is 2. The van der Waals surface area contributed by atoms with Crippen LogP contribution in [0.4, 0.5) is 0 Å². The average Bonchev–Trinajstić information content (AvgIpc) is 3.22. The molecule has 0 amide bonds. The van der Waals surface area contributed by atoms with Crippen molar-refractivity contribution in [2.45, 2.75) is 11.8 Å². The topological polar surface area (TPSA) is 93.9 Å². The predicted octanol–water partition coefficient (Wildman–Crippen LogP) is 4.60. The molecule has 0 bridgehead atoms. The molecule has 3 aromatic carbocycles. The van der Waals surface area contributed by atoms with Gasteiger partial charge in [0.05, 0.1) is 32.2 Å². The first-order valence-electron chi connectivity index (χ1n) is 9.75. The maximum atomic E-state index is 13.3. The minimum Gasteiger partial charge on any atom is -0.316 e. The van der Waals surface area contributed by atoms with Gasteiger partial charge in [-0.15, -0.1) is 0 Å². The summed E-state index contributed by atoms with van der Waals surface area (Å²) in [5, 5.41) is 0.866. The maximum Gasteiger partial charge on any atom is 0.321 e. The first-order chi connectivity index (χ1) is 15.7. The molecule has 33 heavy (non-hydrogen) atoms. The summed E-state index contributed by atoms with van der Waals surface area (Å²) in [4.78, 5) is 28.0. The van der Waals surface area contributed by atoms with Gasteiger partial charge in [0.15, 0.2) is 0 Å². The molecule has 2 aromatic heterocycles. The van der Waals surface area contributed by atoms with Gasteiger partial charge < -0.3 is 4.98 Å². The molecule has 0 aliphatic rings. The molecule has 0 saturated heterocycles. The first-order valence-corrected chi connectivity index (χ1v) is 12.4. The van der Waals surface area contributed by atoms with Crippen LogP contribution in [0, 0.1) is 6.92 Å². The molecule has 0 unspecified atom stereocenters. The molecule has 0 saturated carbocycles. The summed E-state index contributed by atoms with van der Waals surface area (Å²) in [5.41, 5.74) is 0.875. The summed E-state index contributed by atoms with van der Waals surface area (Å²) in [7, 11) is -3.87. The third kappa shape index (κ3) is 3.43. The fraction of sp³-hybridized carbons (Fsp3) is 0.0435. The normalized spacial score (nSPS) is 12.0. The second-order valence-electron chi connectivity index (χ2n) is 7.52. The molecular formula is C23H15BrClN3O4S. The Labute approximate surface area is 201 Å². The van der Waals surface area contributed by atoms with Gasteiger partial charge in [-0.3, -0.25) is 14.2 Å². The zero-order chi connectivity index (χ0) is 23.5. The first kappa shape index (κ1) is 21.7. The third-order valence-electron chi connectivity index (χ3n) is 5.42. The highest BCUT2D eigenvalue weighted by Gasteiger charge is 2.21. The molecule has 5 aromatic rings. The molecular weight excluding hydrogens is 530 g/mol. The average molecular weight is 545 g/mol. The molecule has 0 aliphatic carbocycles. The van der Waals surface area contributed by atoms with Gasteiger partial charge in [-0.05, 0) is 65.3 Å². The van der Waals surface area contributed by atoms with Crippen LogP contribution < -0.4 is 11.1 Å². The molecule has 166 valence electrons. The lowest BCUT2D eigenvalue weighted by Crippen LogP contribution is -2.35. The van der Waals surface area contributed by atoms with E-state index in [4.69, 9.17) is 11.6 Å². The van der Waals surface area contributed by atoms with Gasteiger partial charge in [0, 0.05) is 16.1 Å². The minimum absolute atomic E-state index is 0.147. The number of nitrogens with one attached hydrogen (secondary N) is 1. The van der Waals surface area contributed by atoms with Crippen LogP contribution in [0.25, 0.3) is 27.6 Å². The lowest BCUT2D eigenvalue weighted by molar-refractivity contribution is 0.589. The second-order valence-corrected chi connectivity index (χ2v) is 10.6. The van der Waals surface area contributed by atoms with Gasteiger partial charge in [0.25, 0.3) is 10.0 Å². The number of aromatic amines is 1. The van der Waals surface area contributed by atoms with Crippen molar-refractivity contribution in [1.29, 1.82) is 0 Å². The maximum absolute atomic E-state index is 13.3. The Kier molecular flexibility index (Phi) is 5.08. The van der Waals surface area contributed by atoms with Crippen LogP contribution in [-0.2, 0) is 10.0 Å². The highest BCUT2D eigenvalue weighted by Crippen LogP contribution is 2.30. The van der Waals surface area contributed by atoms with Gasteiger partial charge in [-0.2, -0.15) is 0 Å². The standard InChI is InChI=1S/C23H15BrClN3O4S/c1-13-5-7-14(8-6-13)33(31,32)27-10-9-15-19(27)3-2-4-20(15)28-21-11-16(24)17(25)12-18(21)26-22(29)23(28)30/h2-12H,1H3,(H,26,29). The number of benzene rings is 3. The summed E-state index contributed by atoms with van der Waals surface area (Å²) in [5.74, 6) is 0. The zero-order valence-electron chi connectivity index (χ0n) is 17.0. The van der Waals surface area contributed by atoms with E-state index in [1.165, 1.54) is 14.7 Å².